The number of carboxylic acid groups (broad SMARTS) is 1. The van der Waals surface area contributed by atoms with E-state index in [-0.39, 0.29) is 29.6 Å². The predicted molar refractivity (Wildman–Crippen MR) is 125 cm³/mol. The van der Waals surface area contributed by atoms with Crippen LogP contribution in [0.3, 0.4) is 0 Å². The SMILES string of the molecule is CC.CCCCOc1nc(N)c2[nH]c(=O)n(Cc3ccc(CC(C)C)cc3C(=O)O)c2n1. The molecule has 0 unspecified atom stereocenters. The van der Waals surface area contributed by atoms with Crippen LogP contribution in [0.2, 0.25) is 0 Å². The van der Waals surface area contributed by atoms with Crippen molar-refractivity contribution in [1.29, 1.82) is 0 Å². The lowest BCUT2D eigenvalue weighted by Gasteiger charge is -2.11. The molecule has 0 aliphatic carbocycles. The van der Waals surface area contributed by atoms with Crippen LogP contribution in [0.25, 0.3) is 11.2 Å². The molecule has 0 radical (unpaired) electrons. The Morgan fingerprint density at radius 2 is 2.00 bits per heavy atom. The molecular weight excluding hydrogens is 410 g/mol. The molecule has 0 saturated carbocycles. The fourth-order valence-corrected chi connectivity index (χ4v) is 3.28. The van der Waals surface area contributed by atoms with Crippen LogP contribution in [0.4, 0.5) is 5.82 Å². The van der Waals surface area contributed by atoms with E-state index < -0.39 is 11.7 Å². The Kier molecular flexibility index (Phi) is 8.80. The molecule has 2 heterocycles. The average Bonchev–Trinajstić information content (AvgIpc) is 3.06. The summed E-state index contributed by atoms with van der Waals surface area (Å²) in [5, 5.41) is 9.68. The Hall–Kier alpha value is -3.36. The second kappa shape index (κ2) is 11.3. The van der Waals surface area contributed by atoms with Crippen molar-refractivity contribution < 1.29 is 14.6 Å². The quantitative estimate of drug-likeness (QED) is 0.427. The number of ether oxygens (including phenoxy) is 1. The molecule has 3 rings (SSSR count). The molecule has 0 aliphatic heterocycles. The highest BCUT2D eigenvalue weighted by molar-refractivity contribution is 5.90. The number of fused-ring (bicyclic) bond motifs is 1. The van der Waals surface area contributed by atoms with Crippen molar-refractivity contribution in [2.75, 3.05) is 12.3 Å². The molecule has 32 heavy (non-hydrogen) atoms. The second-order valence-electron chi connectivity index (χ2n) is 7.70. The lowest BCUT2D eigenvalue weighted by molar-refractivity contribution is 0.0695. The third-order valence-corrected chi connectivity index (χ3v) is 4.74. The number of benzene rings is 1. The topological polar surface area (TPSA) is 136 Å². The first-order chi connectivity index (χ1) is 15.3. The minimum absolute atomic E-state index is 0.0350. The molecular formula is C23H33N5O4. The molecule has 0 amide bonds. The number of hydrogen-bond donors (Lipinski definition) is 3. The number of nitrogens with zero attached hydrogens (tertiary/aromatic N) is 3. The Bertz CT molecular complexity index is 1120. The van der Waals surface area contributed by atoms with Crippen molar-refractivity contribution in [2.24, 2.45) is 5.92 Å². The number of nitrogens with one attached hydrogen (secondary N) is 1. The van der Waals surface area contributed by atoms with Gasteiger partial charge in [0.25, 0.3) is 0 Å². The zero-order chi connectivity index (χ0) is 23.8. The zero-order valence-electron chi connectivity index (χ0n) is 19.4. The maximum Gasteiger partial charge on any atom is 0.336 e. The number of H-pyrrole nitrogens is 1. The lowest BCUT2D eigenvalue weighted by Crippen LogP contribution is -2.19. The van der Waals surface area contributed by atoms with Gasteiger partial charge in [-0.1, -0.05) is 53.2 Å². The molecule has 0 aliphatic rings. The van der Waals surface area contributed by atoms with E-state index in [4.69, 9.17) is 10.5 Å². The number of rotatable bonds is 9. The predicted octanol–water partition coefficient (Wildman–Crippen LogP) is 3.85. The van der Waals surface area contributed by atoms with Crippen LogP contribution in [0.1, 0.15) is 68.9 Å². The molecule has 0 spiro atoms. The summed E-state index contributed by atoms with van der Waals surface area (Å²) in [6, 6.07) is 5.40. The fraction of sp³-hybridized carbons (Fsp3) is 0.478. The fourth-order valence-electron chi connectivity index (χ4n) is 3.28. The zero-order valence-corrected chi connectivity index (χ0v) is 19.4. The van der Waals surface area contributed by atoms with Crippen LogP contribution in [-0.4, -0.2) is 37.2 Å². The molecule has 4 N–H and O–H groups in total. The summed E-state index contributed by atoms with van der Waals surface area (Å²) in [5.74, 6) is -0.533. The second-order valence-corrected chi connectivity index (χ2v) is 7.70. The number of hydrogen-bond acceptors (Lipinski definition) is 6. The van der Waals surface area contributed by atoms with Crippen LogP contribution < -0.4 is 16.2 Å². The largest absolute Gasteiger partial charge is 0.478 e. The van der Waals surface area contributed by atoms with E-state index in [1.165, 1.54) is 4.57 Å². The molecule has 1 aromatic carbocycles. The van der Waals surface area contributed by atoms with E-state index in [0.29, 0.717) is 23.6 Å². The maximum absolute atomic E-state index is 12.6. The lowest BCUT2D eigenvalue weighted by atomic mass is 9.98. The summed E-state index contributed by atoms with van der Waals surface area (Å²) in [7, 11) is 0. The highest BCUT2D eigenvalue weighted by atomic mass is 16.5. The number of carboxylic acids is 1. The number of aromatic amines is 1. The highest BCUT2D eigenvalue weighted by Gasteiger charge is 2.18. The summed E-state index contributed by atoms with van der Waals surface area (Å²) in [4.78, 5) is 35.5. The van der Waals surface area contributed by atoms with Crippen LogP contribution in [-0.2, 0) is 13.0 Å². The van der Waals surface area contributed by atoms with Crippen molar-refractivity contribution >= 4 is 23.0 Å². The van der Waals surface area contributed by atoms with Gasteiger partial charge in [0, 0.05) is 0 Å². The van der Waals surface area contributed by atoms with E-state index in [9.17, 15) is 14.7 Å². The molecule has 9 nitrogen and oxygen atoms in total. The van der Waals surface area contributed by atoms with Gasteiger partial charge in [0.15, 0.2) is 11.5 Å². The van der Waals surface area contributed by atoms with Gasteiger partial charge in [0.2, 0.25) is 0 Å². The number of unbranched alkanes of at least 4 members (excludes halogenated alkanes) is 1. The Morgan fingerprint density at radius 3 is 2.62 bits per heavy atom. The minimum Gasteiger partial charge on any atom is -0.478 e. The first kappa shape index (κ1) is 24.9. The van der Waals surface area contributed by atoms with Crippen molar-refractivity contribution in [3.05, 3.63) is 45.4 Å². The summed E-state index contributed by atoms with van der Waals surface area (Å²) >= 11 is 0. The summed E-state index contributed by atoms with van der Waals surface area (Å²) in [6.07, 6.45) is 2.57. The van der Waals surface area contributed by atoms with Gasteiger partial charge in [-0.2, -0.15) is 9.97 Å². The van der Waals surface area contributed by atoms with Crippen molar-refractivity contribution in [3.8, 4) is 6.01 Å². The number of anilines is 1. The Morgan fingerprint density at radius 1 is 1.28 bits per heavy atom. The maximum atomic E-state index is 12.6. The van der Waals surface area contributed by atoms with Crippen molar-refractivity contribution in [3.63, 3.8) is 0 Å². The third kappa shape index (κ3) is 5.87. The van der Waals surface area contributed by atoms with Gasteiger partial charge in [-0.3, -0.25) is 4.57 Å². The highest BCUT2D eigenvalue weighted by Crippen LogP contribution is 2.21. The number of nitrogen functional groups attached to an aromatic ring is 1. The molecule has 0 bridgehead atoms. The number of aromatic nitrogens is 4. The van der Waals surface area contributed by atoms with E-state index >= 15 is 0 Å². The summed E-state index contributed by atoms with van der Waals surface area (Å²) in [6.45, 7) is 10.7. The summed E-state index contributed by atoms with van der Waals surface area (Å²) in [5.41, 5.74) is 7.72. The molecule has 0 atom stereocenters. The van der Waals surface area contributed by atoms with Gasteiger partial charge in [-0.05, 0) is 36.0 Å². The van der Waals surface area contributed by atoms with E-state index in [0.717, 1.165) is 24.8 Å². The van der Waals surface area contributed by atoms with Crippen LogP contribution in [0, 0.1) is 5.92 Å². The molecule has 0 saturated heterocycles. The molecule has 9 heteroatoms. The van der Waals surface area contributed by atoms with Gasteiger partial charge in [-0.25, -0.2) is 9.59 Å². The summed E-state index contributed by atoms with van der Waals surface area (Å²) < 4.78 is 6.89. The van der Waals surface area contributed by atoms with Crippen molar-refractivity contribution in [2.45, 2.75) is 60.4 Å². The van der Waals surface area contributed by atoms with Gasteiger partial charge in [0.1, 0.15) is 5.52 Å². The van der Waals surface area contributed by atoms with Crippen LogP contribution in [0.5, 0.6) is 6.01 Å². The first-order valence-electron chi connectivity index (χ1n) is 11.0. The first-order valence-corrected chi connectivity index (χ1v) is 11.0. The number of carbonyl (C=O) groups is 1. The number of aromatic carboxylic acids is 1. The van der Waals surface area contributed by atoms with Gasteiger partial charge < -0.3 is 20.6 Å². The van der Waals surface area contributed by atoms with Crippen molar-refractivity contribution in [1.82, 2.24) is 19.5 Å². The molecule has 3 aromatic rings. The number of imidazole rings is 1. The monoisotopic (exact) mass is 443 g/mol. The molecule has 2 aromatic heterocycles. The average molecular weight is 444 g/mol. The van der Waals surface area contributed by atoms with Crippen LogP contribution >= 0.6 is 0 Å². The Balaban J connectivity index is 0.00000176. The Labute approximate surface area is 187 Å². The smallest absolute Gasteiger partial charge is 0.336 e. The third-order valence-electron chi connectivity index (χ3n) is 4.74. The van der Waals surface area contributed by atoms with Gasteiger partial charge in [0.05, 0.1) is 18.7 Å². The van der Waals surface area contributed by atoms with E-state index in [2.05, 4.69) is 28.8 Å². The van der Waals surface area contributed by atoms with Crippen LogP contribution in [0.15, 0.2) is 23.0 Å². The number of nitrogens with two attached hydrogens (primary N) is 1. The van der Waals surface area contributed by atoms with E-state index in [1.54, 1.807) is 12.1 Å². The normalized spacial score (nSPS) is 10.8. The van der Waals surface area contributed by atoms with Gasteiger partial charge in [-0.15, -0.1) is 0 Å². The minimum atomic E-state index is -1.04. The van der Waals surface area contributed by atoms with E-state index in [1.807, 2.05) is 26.8 Å². The molecule has 174 valence electrons. The van der Waals surface area contributed by atoms with Gasteiger partial charge >= 0.3 is 17.7 Å². The molecule has 0 fully saturated rings. The standard InChI is InChI=1S/C21H27N5O4.C2H6/c1-4-5-8-30-20-24-17(22)16-18(25-20)26(21(29)23-16)11-14-7-6-13(9-12(2)3)10-15(14)19(27)28;1-2/h6-7,10,12H,4-5,8-9,11H2,1-3H3,(H,23,29)(H,27,28)(H2,22,24,25);1-2H3.